The van der Waals surface area contributed by atoms with Gasteiger partial charge in [-0.05, 0) is 24.3 Å². The fourth-order valence-corrected chi connectivity index (χ4v) is 5.59. The highest BCUT2D eigenvalue weighted by Crippen LogP contribution is 2.45. The van der Waals surface area contributed by atoms with Gasteiger partial charge in [0.05, 0.1) is 20.8 Å². The number of carbonyl (C=O) groups excluding carboxylic acids is 2. The van der Waals surface area contributed by atoms with Gasteiger partial charge in [-0.3, -0.25) is 9.59 Å². The largest absolute Gasteiger partial charge is 0.397 e. The maximum atomic E-state index is 12.8. The normalized spacial score (nSPS) is 11.0. The molecule has 0 atom stereocenters. The van der Waals surface area contributed by atoms with Crippen LogP contribution in [-0.4, -0.2) is 11.6 Å². The Morgan fingerprint density at radius 3 is 1.70 bits per heavy atom. The summed E-state index contributed by atoms with van der Waals surface area (Å²) in [5, 5.41) is 0.602. The van der Waals surface area contributed by atoms with Gasteiger partial charge in [-0.25, -0.2) is 0 Å². The molecule has 0 radical (unpaired) electrons. The molecule has 0 fully saturated rings. The summed E-state index contributed by atoms with van der Waals surface area (Å²) in [6.45, 7) is 0. The molecule has 2 heterocycles. The van der Waals surface area contributed by atoms with Crippen molar-refractivity contribution in [1.29, 1.82) is 0 Å². The number of thiophene rings is 2. The second kappa shape index (κ2) is 6.92. The van der Waals surface area contributed by atoms with Crippen LogP contribution in [0.4, 0.5) is 11.4 Å². The zero-order chi connectivity index (χ0) is 19.1. The van der Waals surface area contributed by atoms with E-state index in [1.807, 2.05) is 30.3 Å². The highest BCUT2D eigenvalue weighted by molar-refractivity contribution is 9.10. The number of nitrogen functional groups attached to an aromatic ring is 2. The molecule has 0 bridgehead atoms. The quantitative estimate of drug-likeness (QED) is 0.405. The van der Waals surface area contributed by atoms with Gasteiger partial charge in [0, 0.05) is 15.6 Å². The number of halogens is 1. The van der Waals surface area contributed by atoms with Crippen LogP contribution in [0, 0.1) is 0 Å². The zero-order valence-electron chi connectivity index (χ0n) is 13.9. The fraction of sp³-hybridized carbons (Fsp3) is 0. The van der Waals surface area contributed by atoms with Gasteiger partial charge in [-0.1, -0.05) is 46.3 Å². The molecule has 2 aromatic carbocycles. The molecule has 134 valence electrons. The highest BCUT2D eigenvalue weighted by atomic mass is 79.9. The van der Waals surface area contributed by atoms with E-state index in [4.69, 9.17) is 11.5 Å². The standard InChI is InChI=1S/C20H13BrN2O2S2/c21-12-8-6-11(7-9-12)17(25)19-15(23)13-14(22)18(26-20(13)27-19)16(24)10-4-2-1-3-5-10/h1-9H,22-23H2. The third kappa shape index (κ3) is 3.07. The second-order valence-electron chi connectivity index (χ2n) is 5.88. The average Bonchev–Trinajstić information content (AvgIpc) is 3.19. The van der Waals surface area contributed by atoms with Crippen molar-refractivity contribution in [2.75, 3.05) is 11.5 Å². The Morgan fingerprint density at radius 2 is 1.22 bits per heavy atom. The lowest BCUT2D eigenvalue weighted by Crippen LogP contribution is -2.04. The zero-order valence-corrected chi connectivity index (χ0v) is 17.1. The lowest BCUT2D eigenvalue weighted by atomic mass is 10.1. The Kier molecular flexibility index (Phi) is 4.59. The summed E-state index contributed by atoms with van der Waals surface area (Å²) < 4.78 is 1.68. The van der Waals surface area contributed by atoms with Crippen molar-refractivity contribution in [3.8, 4) is 0 Å². The molecule has 0 amide bonds. The predicted molar refractivity (Wildman–Crippen MR) is 116 cm³/mol. The SMILES string of the molecule is Nc1c(C(=O)c2ccccc2)sc2sc(C(=O)c3ccc(Br)cc3)c(N)c12. The van der Waals surface area contributed by atoms with Gasteiger partial charge in [0.25, 0.3) is 0 Å². The minimum Gasteiger partial charge on any atom is -0.397 e. The number of nitrogens with two attached hydrogens (primary N) is 2. The van der Waals surface area contributed by atoms with Crippen LogP contribution in [-0.2, 0) is 0 Å². The van der Waals surface area contributed by atoms with E-state index in [1.165, 1.54) is 22.7 Å². The van der Waals surface area contributed by atoms with Gasteiger partial charge >= 0.3 is 0 Å². The van der Waals surface area contributed by atoms with Crippen molar-refractivity contribution < 1.29 is 9.59 Å². The Balaban J connectivity index is 1.77. The molecule has 0 aliphatic heterocycles. The van der Waals surface area contributed by atoms with Crippen molar-refractivity contribution in [3.63, 3.8) is 0 Å². The van der Waals surface area contributed by atoms with Gasteiger partial charge in [-0.15, -0.1) is 22.7 Å². The summed E-state index contributed by atoms with van der Waals surface area (Å²) >= 11 is 5.92. The lowest BCUT2D eigenvalue weighted by Gasteiger charge is -2.02. The van der Waals surface area contributed by atoms with E-state index in [2.05, 4.69) is 15.9 Å². The van der Waals surface area contributed by atoms with Crippen molar-refractivity contribution in [2.45, 2.75) is 0 Å². The molecule has 0 unspecified atom stereocenters. The van der Waals surface area contributed by atoms with Crippen LogP contribution in [0.25, 0.3) is 9.40 Å². The number of fused-ring (bicyclic) bond motifs is 1. The number of benzene rings is 2. The Morgan fingerprint density at radius 1 is 0.741 bits per heavy atom. The fourth-order valence-electron chi connectivity index (χ4n) is 2.80. The first-order chi connectivity index (χ1) is 13.0. The van der Waals surface area contributed by atoms with E-state index in [1.54, 1.807) is 24.3 Å². The molecule has 0 aliphatic carbocycles. The summed E-state index contributed by atoms with van der Waals surface area (Å²) in [4.78, 5) is 26.5. The third-order valence-electron chi connectivity index (χ3n) is 4.18. The maximum Gasteiger partial charge on any atom is 0.205 e. The lowest BCUT2D eigenvalue weighted by molar-refractivity contribution is 0.103. The number of carbonyl (C=O) groups is 2. The molecular weight excluding hydrogens is 444 g/mol. The van der Waals surface area contributed by atoms with Crippen LogP contribution in [0.5, 0.6) is 0 Å². The maximum absolute atomic E-state index is 12.8. The summed E-state index contributed by atoms with van der Waals surface area (Å²) in [6, 6.07) is 16.1. The minimum absolute atomic E-state index is 0.137. The molecule has 0 spiro atoms. The van der Waals surface area contributed by atoms with Crippen molar-refractivity contribution in [3.05, 3.63) is 80.0 Å². The molecule has 0 aliphatic rings. The van der Waals surface area contributed by atoms with E-state index in [9.17, 15) is 9.59 Å². The Hall–Kier alpha value is -2.48. The molecule has 4 aromatic rings. The van der Waals surface area contributed by atoms with Crippen LogP contribution < -0.4 is 11.5 Å². The van der Waals surface area contributed by atoms with Crippen molar-refractivity contribution in [1.82, 2.24) is 0 Å². The minimum atomic E-state index is -0.149. The summed E-state index contributed by atoms with van der Waals surface area (Å²) in [6.07, 6.45) is 0. The van der Waals surface area contributed by atoms with Gasteiger partial charge < -0.3 is 11.5 Å². The van der Waals surface area contributed by atoms with Crippen LogP contribution >= 0.6 is 38.6 Å². The molecular formula is C20H13BrN2O2S2. The summed E-state index contributed by atoms with van der Waals surface area (Å²) in [5.74, 6) is -0.287. The van der Waals surface area contributed by atoms with Crippen LogP contribution in [0.1, 0.15) is 30.5 Å². The van der Waals surface area contributed by atoms with E-state index >= 15 is 0 Å². The van der Waals surface area contributed by atoms with E-state index in [0.717, 1.165) is 8.49 Å². The second-order valence-corrected chi connectivity index (χ2v) is 9.10. The molecule has 0 saturated heterocycles. The topological polar surface area (TPSA) is 86.2 Å². The number of ketones is 2. The molecule has 2 aromatic heterocycles. The van der Waals surface area contributed by atoms with E-state index in [0.29, 0.717) is 37.6 Å². The average molecular weight is 457 g/mol. The van der Waals surface area contributed by atoms with Gasteiger partial charge in [0.15, 0.2) is 0 Å². The first kappa shape index (κ1) is 17.9. The van der Waals surface area contributed by atoms with E-state index < -0.39 is 0 Å². The molecule has 4 rings (SSSR count). The smallest absolute Gasteiger partial charge is 0.205 e. The Labute approximate surface area is 171 Å². The molecule has 0 saturated carbocycles. The summed E-state index contributed by atoms with van der Waals surface area (Å²) in [7, 11) is 0. The predicted octanol–water partition coefficient (Wildman–Crippen LogP) is 5.35. The first-order valence-electron chi connectivity index (χ1n) is 7.97. The molecule has 7 heteroatoms. The number of hydrogen-bond donors (Lipinski definition) is 2. The summed E-state index contributed by atoms with van der Waals surface area (Å²) in [5.41, 5.74) is 14.3. The molecule has 4 N–H and O–H groups in total. The van der Waals surface area contributed by atoms with Gasteiger partial charge in [0.1, 0.15) is 9.75 Å². The number of anilines is 2. The number of rotatable bonds is 4. The monoisotopic (exact) mass is 456 g/mol. The first-order valence-corrected chi connectivity index (χ1v) is 10.4. The Bertz CT molecular complexity index is 1180. The van der Waals surface area contributed by atoms with E-state index in [-0.39, 0.29) is 11.6 Å². The van der Waals surface area contributed by atoms with Crippen LogP contribution in [0.2, 0.25) is 0 Å². The van der Waals surface area contributed by atoms with Gasteiger partial charge in [-0.2, -0.15) is 0 Å². The van der Waals surface area contributed by atoms with Crippen LogP contribution in [0.3, 0.4) is 0 Å². The van der Waals surface area contributed by atoms with Crippen LogP contribution in [0.15, 0.2) is 59.1 Å². The molecule has 27 heavy (non-hydrogen) atoms. The highest BCUT2D eigenvalue weighted by Gasteiger charge is 2.25. The number of hydrogen-bond acceptors (Lipinski definition) is 6. The molecule has 4 nitrogen and oxygen atoms in total. The van der Waals surface area contributed by atoms with Gasteiger partial charge in [0.2, 0.25) is 11.6 Å². The van der Waals surface area contributed by atoms with Crippen molar-refractivity contribution in [2.24, 2.45) is 0 Å². The van der Waals surface area contributed by atoms with Crippen molar-refractivity contribution >= 4 is 70.9 Å². The third-order valence-corrected chi connectivity index (χ3v) is 7.20.